The van der Waals surface area contributed by atoms with Crippen LogP contribution in [0.5, 0.6) is 5.75 Å². The monoisotopic (exact) mass is 378 g/mol. The molecule has 0 unspecified atom stereocenters. The molecule has 1 fully saturated rings. The number of fused-ring (bicyclic) bond motifs is 1. The molecule has 1 saturated heterocycles. The predicted molar refractivity (Wildman–Crippen MR) is 102 cm³/mol. The zero-order valence-corrected chi connectivity index (χ0v) is 16.3. The third kappa shape index (κ3) is 3.86. The van der Waals surface area contributed by atoms with Crippen molar-refractivity contribution in [3.8, 4) is 5.75 Å². The Labute approximate surface area is 155 Å². The van der Waals surface area contributed by atoms with Gasteiger partial charge < -0.3 is 9.47 Å². The molecule has 0 aromatic heterocycles. The Balaban J connectivity index is 1.78. The summed E-state index contributed by atoms with van der Waals surface area (Å²) in [5.74, 6) is 0.662. The van der Waals surface area contributed by atoms with Crippen molar-refractivity contribution in [1.29, 1.82) is 0 Å². The van der Waals surface area contributed by atoms with Crippen LogP contribution in [0.2, 0.25) is 0 Å². The van der Waals surface area contributed by atoms with Gasteiger partial charge in [-0.2, -0.15) is 0 Å². The molecule has 0 amide bonds. The lowest BCUT2D eigenvalue weighted by Crippen LogP contribution is -2.54. The first-order valence-electron chi connectivity index (χ1n) is 8.73. The second-order valence-electron chi connectivity index (χ2n) is 7.06. The highest BCUT2D eigenvalue weighted by atomic mass is 32.2. The number of hydrogen-bond acceptors (Lipinski definition) is 5. The molecule has 0 bridgehead atoms. The number of methoxy groups -OCH3 is 1. The summed E-state index contributed by atoms with van der Waals surface area (Å²) in [6, 6.07) is 10.7. The van der Waals surface area contributed by atoms with Crippen LogP contribution in [0.3, 0.4) is 0 Å². The molecule has 0 atom stereocenters. The summed E-state index contributed by atoms with van der Waals surface area (Å²) in [6.45, 7) is 7.35. The van der Waals surface area contributed by atoms with Crippen molar-refractivity contribution in [3.05, 3.63) is 36.4 Å². The maximum Gasteiger partial charge on any atom is 0.241 e. The summed E-state index contributed by atoms with van der Waals surface area (Å²) in [5, 5.41) is 1.44. The minimum atomic E-state index is -3.61. The van der Waals surface area contributed by atoms with Gasteiger partial charge in [-0.05, 0) is 26.0 Å². The Hall–Kier alpha value is -1.67. The number of nitrogens with one attached hydrogen (secondary N) is 1. The van der Waals surface area contributed by atoms with Crippen LogP contribution in [0.1, 0.15) is 13.8 Å². The molecular weight excluding hydrogens is 352 g/mol. The summed E-state index contributed by atoms with van der Waals surface area (Å²) in [4.78, 5) is 2.53. The van der Waals surface area contributed by atoms with Crippen molar-refractivity contribution < 1.29 is 17.9 Å². The number of nitrogens with zero attached hydrogens (tertiary/aromatic N) is 1. The summed E-state index contributed by atoms with van der Waals surface area (Å²) >= 11 is 0. The first kappa shape index (κ1) is 19.1. The minimum Gasteiger partial charge on any atom is -0.496 e. The smallest absolute Gasteiger partial charge is 0.241 e. The van der Waals surface area contributed by atoms with Crippen LogP contribution < -0.4 is 9.46 Å². The van der Waals surface area contributed by atoms with E-state index in [0.717, 1.165) is 11.9 Å². The van der Waals surface area contributed by atoms with Gasteiger partial charge in [0.25, 0.3) is 0 Å². The van der Waals surface area contributed by atoms with Gasteiger partial charge in [-0.25, -0.2) is 13.1 Å². The van der Waals surface area contributed by atoms with E-state index < -0.39 is 10.0 Å². The Kier molecular flexibility index (Phi) is 5.53. The largest absolute Gasteiger partial charge is 0.496 e. The molecule has 0 radical (unpaired) electrons. The van der Waals surface area contributed by atoms with Crippen molar-refractivity contribution in [1.82, 2.24) is 9.62 Å². The zero-order valence-electron chi connectivity index (χ0n) is 15.5. The van der Waals surface area contributed by atoms with Crippen molar-refractivity contribution >= 4 is 20.8 Å². The molecule has 7 heteroatoms. The maximum atomic E-state index is 12.9. The van der Waals surface area contributed by atoms with Crippen LogP contribution in [0.4, 0.5) is 0 Å². The highest BCUT2D eigenvalue weighted by Gasteiger charge is 2.30. The number of benzene rings is 2. The average molecular weight is 378 g/mol. The number of morpholine rings is 1. The van der Waals surface area contributed by atoms with E-state index in [-0.39, 0.29) is 10.4 Å². The molecule has 142 valence electrons. The fraction of sp³-hybridized carbons (Fsp3) is 0.474. The summed E-state index contributed by atoms with van der Waals surface area (Å²) < 4.78 is 39.3. The number of hydrogen-bond donors (Lipinski definition) is 1. The minimum absolute atomic E-state index is 0.0868. The Morgan fingerprint density at radius 2 is 1.92 bits per heavy atom. The van der Waals surface area contributed by atoms with E-state index in [1.54, 1.807) is 25.3 Å². The first-order valence-corrected chi connectivity index (χ1v) is 10.2. The molecule has 1 heterocycles. The van der Waals surface area contributed by atoms with Gasteiger partial charge in [0.05, 0.1) is 25.2 Å². The standard InChI is InChI=1S/C19H26N2O4S/c1-19(2)14-25-13-12-21(19)11-10-20-26(22,23)18-9-8-17(24-3)15-6-4-5-7-16(15)18/h4-9,20H,10-14H2,1-3H3. The second kappa shape index (κ2) is 7.52. The summed E-state index contributed by atoms with van der Waals surface area (Å²) in [5.41, 5.74) is -0.0868. The van der Waals surface area contributed by atoms with E-state index in [0.29, 0.717) is 37.4 Å². The summed E-state index contributed by atoms with van der Waals surface area (Å²) in [7, 11) is -2.03. The summed E-state index contributed by atoms with van der Waals surface area (Å²) in [6.07, 6.45) is 0. The second-order valence-corrected chi connectivity index (χ2v) is 8.80. The van der Waals surface area contributed by atoms with Gasteiger partial charge in [-0.15, -0.1) is 0 Å². The van der Waals surface area contributed by atoms with E-state index in [9.17, 15) is 8.42 Å². The third-order valence-corrected chi connectivity index (χ3v) is 6.36. The molecule has 6 nitrogen and oxygen atoms in total. The SMILES string of the molecule is COc1ccc(S(=O)(=O)NCCN2CCOCC2(C)C)c2ccccc12. The molecule has 0 aliphatic carbocycles. The first-order chi connectivity index (χ1) is 12.3. The van der Waals surface area contributed by atoms with Gasteiger partial charge in [-0.3, -0.25) is 4.90 Å². The lowest BCUT2D eigenvalue weighted by Gasteiger charge is -2.42. The lowest BCUT2D eigenvalue weighted by atomic mass is 10.0. The van der Waals surface area contributed by atoms with Crippen LogP contribution >= 0.6 is 0 Å². The van der Waals surface area contributed by atoms with Gasteiger partial charge in [0.2, 0.25) is 10.0 Å². The fourth-order valence-electron chi connectivity index (χ4n) is 3.35. The van der Waals surface area contributed by atoms with E-state index >= 15 is 0 Å². The highest BCUT2D eigenvalue weighted by molar-refractivity contribution is 7.89. The molecule has 0 saturated carbocycles. The topological polar surface area (TPSA) is 67.9 Å². The van der Waals surface area contributed by atoms with Crippen LogP contribution in [-0.2, 0) is 14.8 Å². The maximum absolute atomic E-state index is 12.9. The lowest BCUT2D eigenvalue weighted by molar-refractivity contribution is -0.0495. The van der Waals surface area contributed by atoms with Gasteiger partial charge >= 0.3 is 0 Å². The van der Waals surface area contributed by atoms with E-state index in [4.69, 9.17) is 9.47 Å². The molecule has 2 aromatic carbocycles. The average Bonchev–Trinajstić information content (AvgIpc) is 2.62. The molecule has 26 heavy (non-hydrogen) atoms. The molecule has 1 aliphatic heterocycles. The van der Waals surface area contributed by atoms with Gasteiger partial charge in [0.1, 0.15) is 5.75 Å². The van der Waals surface area contributed by atoms with E-state index in [1.165, 1.54) is 0 Å². The zero-order chi connectivity index (χ0) is 18.8. The van der Waals surface area contributed by atoms with E-state index in [1.807, 2.05) is 18.2 Å². The molecule has 0 spiro atoms. The Morgan fingerprint density at radius 1 is 1.19 bits per heavy atom. The molecule has 3 rings (SSSR count). The van der Waals surface area contributed by atoms with Gasteiger partial charge in [0.15, 0.2) is 0 Å². The highest BCUT2D eigenvalue weighted by Crippen LogP contribution is 2.30. The molecule has 1 N–H and O–H groups in total. The van der Waals surface area contributed by atoms with Crippen LogP contribution in [0.15, 0.2) is 41.3 Å². The van der Waals surface area contributed by atoms with Crippen molar-refractivity contribution in [2.45, 2.75) is 24.3 Å². The number of rotatable bonds is 6. The number of ether oxygens (including phenoxy) is 2. The quantitative estimate of drug-likeness (QED) is 0.835. The van der Waals surface area contributed by atoms with Crippen molar-refractivity contribution in [3.63, 3.8) is 0 Å². The van der Waals surface area contributed by atoms with Crippen LogP contribution in [-0.4, -0.2) is 58.8 Å². The van der Waals surface area contributed by atoms with Crippen molar-refractivity contribution in [2.75, 3.05) is 40.0 Å². The fourth-order valence-corrected chi connectivity index (χ4v) is 4.58. The Bertz CT molecular complexity index is 880. The molecule has 1 aliphatic rings. The van der Waals surface area contributed by atoms with Crippen LogP contribution in [0.25, 0.3) is 10.8 Å². The molecular formula is C19H26N2O4S. The van der Waals surface area contributed by atoms with Crippen molar-refractivity contribution in [2.24, 2.45) is 0 Å². The van der Waals surface area contributed by atoms with Gasteiger partial charge in [-0.1, -0.05) is 24.3 Å². The molecule has 2 aromatic rings. The van der Waals surface area contributed by atoms with E-state index in [2.05, 4.69) is 23.5 Å². The Morgan fingerprint density at radius 3 is 2.62 bits per heavy atom. The predicted octanol–water partition coefficient (Wildman–Crippen LogP) is 2.24. The number of sulfonamides is 1. The van der Waals surface area contributed by atoms with Gasteiger partial charge in [0, 0.05) is 35.9 Å². The van der Waals surface area contributed by atoms with Crippen LogP contribution in [0, 0.1) is 0 Å². The normalized spacial score (nSPS) is 18.1. The third-order valence-electron chi connectivity index (χ3n) is 4.84.